The molecular formula is C11H18O6. The molecule has 0 atom stereocenters. The number of carbonyl (C=O) groups excluding carboxylic acids is 2. The van der Waals surface area contributed by atoms with E-state index in [2.05, 4.69) is 22.6 Å². The average molecular weight is 246 g/mol. The third-order valence-corrected chi connectivity index (χ3v) is 1.18. The molecule has 0 aliphatic carbocycles. The van der Waals surface area contributed by atoms with Crippen LogP contribution in [0.25, 0.3) is 0 Å². The maximum absolute atomic E-state index is 10.5. The van der Waals surface area contributed by atoms with Crippen LogP contribution in [0.3, 0.4) is 0 Å². The Morgan fingerprint density at radius 1 is 1.24 bits per heavy atom. The van der Waals surface area contributed by atoms with Crippen LogP contribution < -0.4 is 0 Å². The van der Waals surface area contributed by atoms with Gasteiger partial charge in [-0.2, -0.15) is 0 Å². The molecule has 0 aliphatic heterocycles. The van der Waals surface area contributed by atoms with Gasteiger partial charge in [0.2, 0.25) is 0 Å². The highest BCUT2D eigenvalue weighted by molar-refractivity contribution is 5.98. The van der Waals surface area contributed by atoms with Gasteiger partial charge in [0.1, 0.15) is 0 Å². The van der Waals surface area contributed by atoms with Gasteiger partial charge in [0.25, 0.3) is 0 Å². The smallest absolute Gasteiger partial charge is 0.340 e. The van der Waals surface area contributed by atoms with Crippen molar-refractivity contribution in [1.29, 1.82) is 0 Å². The van der Waals surface area contributed by atoms with E-state index >= 15 is 0 Å². The largest absolute Gasteiger partial charge is 0.394 e. The van der Waals surface area contributed by atoms with E-state index in [9.17, 15) is 9.59 Å². The molecule has 0 aliphatic rings. The van der Waals surface area contributed by atoms with Crippen LogP contribution in [-0.2, 0) is 19.1 Å². The van der Waals surface area contributed by atoms with Gasteiger partial charge in [-0.15, -0.1) is 0 Å². The molecule has 0 radical (unpaired) electrons. The number of rotatable bonds is 6. The number of ether oxygens (including phenoxy) is 2. The van der Waals surface area contributed by atoms with E-state index in [0.29, 0.717) is 13.2 Å². The fraction of sp³-hybridized carbons (Fsp3) is 0.455. The molecule has 0 unspecified atom stereocenters. The monoisotopic (exact) mass is 246 g/mol. The Hall–Kier alpha value is -1.50. The van der Waals surface area contributed by atoms with E-state index < -0.39 is 11.9 Å². The van der Waals surface area contributed by atoms with Crippen molar-refractivity contribution >= 4 is 11.9 Å². The Morgan fingerprint density at radius 2 is 1.71 bits per heavy atom. The Labute approximate surface area is 100 Å². The number of aliphatic hydroxyl groups excluding tert-OH is 2. The lowest BCUT2D eigenvalue weighted by Crippen LogP contribution is -2.09. The highest BCUT2D eigenvalue weighted by Crippen LogP contribution is 1.92. The van der Waals surface area contributed by atoms with Crippen LogP contribution in [0.15, 0.2) is 24.8 Å². The number of carbonyl (C=O) groups is 2. The SMILES string of the molecule is C=CC(=O)OC(=O)C(=C)C.OCCOCCO. The van der Waals surface area contributed by atoms with Gasteiger partial charge in [0.15, 0.2) is 0 Å². The van der Waals surface area contributed by atoms with Gasteiger partial charge in [-0.3, -0.25) is 0 Å². The lowest BCUT2D eigenvalue weighted by molar-refractivity contribution is -0.153. The van der Waals surface area contributed by atoms with E-state index in [4.69, 9.17) is 10.2 Å². The minimum absolute atomic E-state index is 0.0278. The van der Waals surface area contributed by atoms with Crippen molar-refractivity contribution in [3.05, 3.63) is 24.8 Å². The van der Waals surface area contributed by atoms with Crippen molar-refractivity contribution in [2.75, 3.05) is 26.4 Å². The van der Waals surface area contributed by atoms with Gasteiger partial charge >= 0.3 is 11.9 Å². The minimum Gasteiger partial charge on any atom is -0.394 e. The predicted molar refractivity (Wildman–Crippen MR) is 61.1 cm³/mol. The van der Waals surface area contributed by atoms with E-state index in [1.165, 1.54) is 6.92 Å². The van der Waals surface area contributed by atoms with Crippen LogP contribution in [0.1, 0.15) is 6.92 Å². The van der Waals surface area contributed by atoms with Gasteiger partial charge < -0.3 is 19.7 Å². The second kappa shape index (κ2) is 12.6. The van der Waals surface area contributed by atoms with Gasteiger partial charge in [-0.25, -0.2) is 9.59 Å². The zero-order valence-electron chi connectivity index (χ0n) is 9.85. The van der Waals surface area contributed by atoms with Crippen LogP contribution in [0.4, 0.5) is 0 Å². The van der Waals surface area contributed by atoms with E-state index in [1.807, 2.05) is 0 Å². The minimum atomic E-state index is -0.756. The highest BCUT2D eigenvalue weighted by Gasteiger charge is 2.06. The first-order valence-corrected chi connectivity index (χ1v) is 4.83. The summed E-state index contributed by atoms with van der Waals surface area (Å²) in [5, 5.41) is 16.2. The number of esters is 2. The van der Waals surface area contributed by atoms with E-state index in [1.54, 1.807) is 0 Å². The summed E-state index contributed by atoms with van der Waals surface area (Å²) in [6.07, 6.45) is 0.918. The standard InChI is InChI=1S/C7H8O3.C4H10O3/c1-4-6(8)10-7(9)5(2)3;5-1-3-7-4-2-6/h4H,1-2H2,3H3;5-6H,1-4H2. The van der Waals surface area contributed by atoms with Gasteiger partial charge in [0, 0.05) is 11.6 Å². The Morgan fingerprint density at radius 3 is 2.00 bits per heavy atom. The number of hydrogen-bond acceptors (Lipinski definition) is 6. The van der Waals surface area contributed by atoms with E-state index in [0.717, 1.165) is 6.08 Å². The first-order valence-electron chi connectivity index (χ1n) is 4.83. The third-order valence-electron chi connectivity index (χ3n) is 1.18. The summed E-state index contributed by atoms with van der Waals surface area (Å²) in [6, 6.07) is 0. The first kappa shape index (κ1) is 17.9. The van der Waals surface area contributed by atoms with Gasteiger partial charge in [0.05, 0.1) is 26.4 Å². The molecule has 0 saturated carbocycles. The van der Waals surface area contributed by atoms with Crippen molar-refractivity contribution in [3.8, 4) is 0 Å². The molecule has 0 heterocycles. The zero-order valence-corrected chi connectivity index (χ0v) is 9.85. The van der Waals surface area contributed by atoms with Crippen molar-refractivity contribution in [2.24, 2.45) is 0 Å². The topological polar surface area (TPSA) is 93.1 Å². The fourth-order valence-corrected chi connectivity index (χ4v) is 0.451. The Balaban J connectivity index is 0. The summed E-state index contributed by atoms with van der Waals surface area (Å²) in [5.41, 5.74) is 0.190. The van der Waals surface area contributed by atoms with Gasteiger partial charge in [-0.05, 0) is 6.92 Å². The Bertz CT molecular complexity index is 255. The second-order valence-electron chi connectivity index (χ2n) is 2.75. The zero-order chi connectivity index (χ0) is 13.7. The molecule has 0 rings (SSSR count). The lowest BCUT2D eigenvalue weighted by atomic mass is 10.4. The fourth-order valence-electron chi connectivity index (χ4n) is 0.451. The molecule has 0 bridgehead atoms. The molecule has 2 N–H and O–H groups in total. The lowest BCUT2D eigenvalue weighted by Gasteiger charge is -1.95. The summed E-state index contributed by atoms with van der Waals surface area (Å²) in [4.78, 5) is 20.8. The van der Waals surface area contributed by atoms with Crippen LogP contribution in [0.5, 0.6) is 0 Å². The summed E-state index contributed by atoms with van der Waals surface area (Å²) in [6.45, 7) is 8.55. The summed E-state index contributed by atoms with van der Waals surface area (Å²) < 4.78 is 8.80. The average Bonchev–Trinajstić information content (AvgIpc) is 2.30. The molecule has 0 fully saturated rings. The number of hydrogen-bond donors (Lipinski definition) is 2. The van der Waals surface area contributed by atoms with Crippen molar-refractivity contribution in [2.45, 2.75) is 6.92 Å². The molecule has 0 saturated heterocycles. The van der Waals surface area contributed by atoms with Crippen molar-refractivity contribution in [1.82, 2.24) is 0 Å². The molecule has 17 heavy (non-hydrogen) atoms. The molecule has 0 spiro atoms. The quantitative estimate of drug-likeness (QED) is 0.292. The third kappa shape index (κ3) is 14.5. The molecule has 6 heteroatoms. The van der Waals surface area contributed by atoms with Crippen LogP contribution in [-0.4, -0.2) is 48.6 Å². The molecule has 0 amide bonds. The van der Waals surface area contributed by atoms with Crippen LogP contribution in [0.2, 0.25) is 0 Å². The van der Waals surface area contributed by atoms with E-state index in [-0.39, 0.29) is 18.8 Å². The predicted octanol–water partition coefficient (Wildman–Crippen LogP) is -0.194. The maximum atomic E-state index is 10.5. The second-order valence-corrected chi connectivity index (χ2v) is 2.75. The molecule has 0 aromatic carbocycles. The normalized spacial score (nSPS) is 8.65. The summed E-state index contributed by atoms with van der Waals surface area (Å²) >= 11 is 0. The van der Waals surface area contributed by atoms with Crippen LogP contribution >= 0.6 is 0 Å². The first-order chi connectivity index (χ1) is 7.99. The molecule has 6 nitrogen and oxygen atoms in total. The van der Waals surface area contributed by atoms with Crippen molar-refractivity contribution in [3.63, 3.8) is 0 Å². The van der Waals surface area contributed by atoms with Crippen molar-refractivity contribution < 1.29 is 29.3 Å². The number of aliphatic hydroxyl groups is 2. The molecular weight excluding hydrogens is 228 g/mol. The van der Waals surface area contributed by atoms with Crippen LogP contribution in [0, 0.1) is 0 Å². The Kier molecular flexibility index (Phi) is 13.2. The van der Waals surface area contributed by atoms with Gasteiger partial charge in [-0.1, -0.05) is 13.2 Å². The highest BCUT2D eigenvalue weighted by atomic mass is 16.6. The molecule has 98 valence electrons. The summed E-state index contributed by atoms with van der Waals surface area (Å²) in [7, 11) is 0. The maximum Gasteiger partial charge on any atom is 0.340 e. The molecule has 0 aromatic rings. The molecule has 0 aromatic heterocycles. The summed E-state index contributed by atoms with van der Waals surface area (Å²) in [5.74, 6) is -1.47.